The quantitative estimate of drug-likeness (QED) is 0.723. The lowest BCUT2D eigenvalue weighted by Gasteiger charge is -2.08. The Bertz CT molecular complexity index is 280. The highest BCUT2D eigenvalue weighted by Crippen LogP contribution is 2.17. The Kier molecular flexibility index (Phi) is 2.78. The smallest absolute Gasteiger partial charge is 0.215 e. The van der Waals surface area contributed by atoms with Crippen LogP contribution in [-0.4, -0.2) is 11.3 Å². The molecular formula is C9H8FNO. The standard InChI is InChI=1S/C9H8FNO/c10-8(6-11)9(12)7-4-2-1-3-5-7/h1-5,8-9,12H. The van der Waals surface area contributed by atoms with Gasteiger partial charge in [-0.1, -0.05) is 30.3 Å². The molecule has 62 valence electrons. The normalized spacial score (nSPS) is 14.8. The Labute approximate surface area is 69.9 Å². The van der Waals surface area contributed by atoms with Gasteiger partial charge in [-0.2, -0.15) is 5.26 Å². The van der Waals surface area contributed by atoms with Gasteiger partial charge in [0.15, 0.2) is 0 Å². The molecule has 1 aromatic rings. The average molecular weight is 165 g/mol. The number of benzene rings is 1. The molecule has 0 saturated carbocycles. The molecule has 0 bridgehead atoms. The van der Waals surface area contributed by atoms with Gasteiger partial charge in [0.25, 0.3) is 0 Å². The van der Waals surface area contributed by atoms with Gasteiger partial charge >= 0.3 is 0 Å². The first-order valence-electron chi connectivity index (χ1n) is 3.52. The van der Waals surface area contributed by atoms with Crippen molar-refractivity contribution in [3.8, 4) is 6.07 Å². The van der Waals surface area contributed by atoms with E-state index in [1.165, 1.54) is 6.07 Å². The van der Waals surface area contributed by atoms with E-state index in [1.807, 2.05) is 0 Å². The maximum absolute atomic E-state index is 12.6. The molecule has 0 aliphatic heterocycles. The first-order chi connectivity index (χ1) is 5.75. The van der Waals surface area contributed by atoms with Gasteiger partial charge < -0.3 is 5.11 Å². The molecule has 12 heavy (non-hydrogen) atoms. The van der Waals surface area contributed by atoms with Crippen molar-refractivity contribution in [3.05, 3.63) is 35.9 Å². The molecule has 0 radical (unpaired) electrons. The fraction of sp³-hybridized carbons (Fsp3) is 0.222. The molecule has 0 heterocycles. The van der Waals surface area contributed by atoms with Gasteiger partial charge in [0.05, 0.1) is 0 Å². The Morgan fingerprint density at radius 3 is 2.42 bits per heavy atom. The lowest BCUT2D eigenvalue weighted by atomic mass is 10.1. The minimum absolute atomic E-state index is 0.423. The lowest BCUT2D eigenvalue weighted by Crippen LogP contribution is -2.10. The van der Waals surface area contributed by atoms with E-state index in [4.69, 9.17) is 5.26 Å². The van der Waals surface area contributed by atoms with Crippen LogP contribution in [0.4, 0.5) is 4.39 Å². The van der Waals surface area contributed by atoms with Crippen LogP contribution in [0.1, 0.15) is 11.7 Å². The summed E-state index contributed by atoms with van der Waals surface area (Å²) in [6, 6.07) is 9.63. The third kappa shape index (κ3) is 1.80. The first kappa shape index (κ1) is 8.69. The van der Waals surface area contributed by atoms with Crippen molar-refractivity contribution in [3.63, 3.8) is 0 Å². The number of rotatable bonds is 2. The largest absolute Gasteiger partial charge is 0.384 e. The minimum atomic E-state index is -1.85. The van der Waals surface area contributed by atoms with Crippen LogP contribution in [0.3, 0.4) is 0 Å². The second kappa shape index (κ2) is 3.84. The Balaban J connectivity index is 2.80. The van der Waals surface area contributed by atoms with Gasteiger partial charge in [-0.05, 0) is 5.56 Å². The summed E-state index contributed by atoms with van der Waals surface area (Å²) >= 11 is 0. The number of alkyl halides is 1. The van der Waals surface area contributed by atoms with Crippen LogP contribution < -0.4 is 0 Å². The fourth-order valence-electron chi connectivity index (χ4n) is 0.890. The second-order valence-corrected chi connectivity index (χ2v) is 2.39. The van der Waals surface area contributed by atoms with E-state index in [2.05, 4.69) is 0 Å². The van der Waals surface area contributed by atoms with Gasteiger partial charge in [-0.25, -0.2) is 4.39 Å². The van der Waals surface area contributed by atoms with E-state index in [1.54, 1.807) is 30.3 Å². The van der Waals surface area contributed by atoms with Crippen LogP contribution in [0.25, 0.3) is 0 Å². The van der Waals surface area contributed by atoms with Crippen LogP contribution in [0.15, 0.2) is 30.3 Å². The summed E-state index contributed by atoms with van der Waals surface area (Å²) in [6.07, 6.45) is -3.19. The highest BCUT2D eigenvalue weighted by molar-refractivity contribution is 5.19. The molecule has 2 unspecified atom stereocenters. The van der Waals surface area contributed by atoms with E-state index < -0.39 is 12.3 Å². The van der Waals surface area contributed by atoms with E-state index in [0.29, 0.717) is 5.56 Å². The first-order valence-corrected chi connectivity index (χ1v) is 3.52. The Hall–Kier alpha value is -1.40. The lowest BCUT2D eigenvalue weighted by molar-refractivity contribution is 0.107. The van der Waals surface area contributed by atoms with E-state index in [0.717, 1.165) is 0 Å². The van der Waals surface area contributed by atoms with Crippen LogP contribution in [0, 0.1) is 11.3 Å². The topological polar surface area (TPSA) is 44.0 Å². The number of hydrogen-bond donors (Lipinski definition) is 1. The highest BCUT2D eigenvalue weighted by Gasteiger charge is 2.18. The van der Waals surface area contributed by atoms with Gasteiger partial charge in [0.1, 0.15) is 12.2 Å². The van der Waals surface area contributed by atoms with E-state index >= 15 is 0 Å². The minimum Gasteiger partial charge on any atom is -0.384 e. The van der Waals surface area contributed by atoms with Gasteiger partial charge in [0, 0.05) is 0 Å². The fourth-order valence-corrected chi connectivity index (χ4v) is 0.890. The zero-order chi connectivity index (χ0) is 8.97. The summed E-state index contributed by atoms with van der Waals surface area (Å²) in [5.74, 6) is 0. The summed E-state index contributed by atoms with van der Waals surface area (Å²) in [5.41, 5.74) is 0.423. The molecule has 0 aromatic heterocycles. The SMILES string of the molecule is N#CC(F)C(O)c1ccccc1. The third-order valence-corrected chi connectivity index (χ3v) is 1.54. The molecule has 0 spiro atoms. The average Bonchev–Trinajstić information content (AvgIpc) is 2.17. The molecule has 0 amide bonds. The van der Waals surface area contributed by atoms with Gasteiger partial charge in [0.2, 0.25) is 6.17 Å². The molecular weight excluding hydrogens is 157 g/mol. The molecule has 0 aliphatic carbocycles. The van der Waals surface area contributed by atoms with Crippen LogP contribution in [0.5, 0.6) is 0 Å². The number of hydrogen-bond acceptors (Lipinski definition) is 2. The summed E-state index contributed by atoms with van der Waals surface area (Å²) in [7, 11) is 0. The Morgan fingerprint density at radius 2 is 1.92 bits per heavy atom. The van der Waals surface area contributed by atoms with Crippen LogP contribution >= 0.6 is 0 Å². The van der Waals surface area contributed by atoms with Crippen molar-refractivity contribution in [2.45, 2.75) is 12.3 Å². The maximum atomic E-state index is 12.6. The third-order valence-electron chi connectivity index (χ3n) is 1.54. The monoisotopic (exact) mass is 165 g/mol. The molecule has 1 aromatic carbocycles. The van der Waals surface area contributed by atoms with Crippen molar-refractivity contribution in [1.29, 1.82) is 5.26 Å². The predicted molar refractivity (Wildman–Crippen MR) is 41.9 cm³/mol. The van der Waals surface area contributed by atoms with Crippen molar-refractivity contribution < 1.29 is 9.50 Å². The number of halogens is 1. The molecule has 0 aliphatic rings. The number of aliphatic hydroxyl groups is 1. The summed E-state index contributed by atoms with van der Waals surface area (Å²) < 4.78 is 12.6. The van der Waals surface area contributed by atoms with E-state index in [-0.39, 0.29) is 0 Å². The summed E-state index contributed by atoms with van der Waals surface area (Å²) in [4.78, 5) is 0. The summed E-state index contributed by atoms with van der Waals surface area (Å²) in [5, 5.41) is 17.4. The highest BCUT2D eigenvalue weighted by atomic mass is 19.1. The Morgan fingerprint density at radius 1 is 1.33 bits per heavy atom. The summed E-state index contributed by atoms with van der Waals surface area (Å²) in [6.45, 7) is 0. The molecule has 1 N–H and O–H groups in total. The van der Waals surface area contributed by atoms with Crippen molar-refractivity contribution in [1.82, 2.24) is 0 Å². The number of nitriles is 1. The molecule has 3 heteroatoms. The molecule has 1 rings (SSSR count). The second-order valence-electron chi connectivity index (χ2n) is 2.39. The van der Waals surface area contributed by atoms with Gasteiger partial charge in [-0.15, -0.1) is 0 Å². The number of aliphatic hydroxyl groups excluding tert-OH is 1. The number of nitrogens with zero attached hydrogens (tertiary/aromatic N) is 1. The van der Waals surface area contributed by atoms with Crippen LogP contribution in [-0.2, 0) is 0 Å². The zero-order valence-corrected chi connectivity index (χ0v) is 6.31. The van der Waals surface area contributed by atoms with E-state index in [9.17, 15) is 9.50 Å². The van der Waals surface area contributed by atoms with Gasteiger partial charge in [-0.3, -0.25) is 0 Å². The maximum Gasteiger partial charge on any atom is 0.215 e. The van der Waals surface area contributed by atoms with Crippen LogP contribution in [0.2, 0.25) is 0 Å². The molecule has 0 saturated heterocycles. The van der Waals surface area contributed by atoms with Crippen molar-refractivity contribution in [2.75, 3.05) is 0 Å². The van der Waals surface area contributed by atoms with Crippen molar-refractivity contribution >= 4 is 0 Å². The predicted octanol–water partition coefficient (Wildman–Crippen LogP) is 1.58. The molecule has 2 atom stereocenters. The van der Waals surface area contributed by atoms with Crippen molar-refractivity contribution in [2.24, 2.45) is 0 Å². The molecule has 0 fully saturated rings. The molecule has 2 nitrogen and oxygen atoms in total. The zero-order valence-electron chi connectivity index (χ0n) is 6.31.